The van der Waals surface area contributed by atoms with Gasteiger partial charge in [0.1, 0.15) is 5.75 Å². The number of rotatable bonds is 4. The van der Waals surface area contributed by atoms with Crippen LogP contribution in [0.5, 0.6) is 11.6 Å². The molecule has 4 nitrogen and oxygen atoms in total. The highest BCUT2D eigenvalue weighted by molar-refractivity contribution is 5.94. The Balaban J connectivity index is 2.13. The Hall–Kier alpha value is -2.36. The molecule has 0 saturated heterocycles. The van der Waals surface area contributed by atoms with Gasteiger partial charge in [-0.15, -0.1) is 0 Å². The highest BCUT2D eigenvalue weighted by Gasteiger charge is 2.08. The van der Waals surface area contributed by atoms with E-state index >= 15 is 0 Å². The molecule has 0 aliphatic heterocycles. The van der Waals surface area contributed by atoms with Crippen molar-refractivity contribution in [1.29, 1.82) is 0 Å². The fourth-order valence-corrected chi connectivity index (χ4v) is 1.57. The molecule has 2 aromatic rings. The molecule has 0 unspecified atom stereocenters. The first-order valence-corrected chi connectivity index (χ1v) is 6.15. The molecule has 98 valence electrons. The zero-order valence-corrected chi connectivity index (χ0v) is 11.0. The zero-order chi connectivity index (χ0) is 13.7. The number of hydrogen-bond donors (Lipinski definition) is 1. The van der Waals surface area contributed by atoms with Crippen LogP contribution in [0.4, 0.5) is 0 Å². The molecule has 0 fully saturated rings. The largest absolute Gasteiger partial charge is 0.439 e. The first kappa shape index (κ1) is 13.1. The zero-order valence-electron chi connectivity index (χ0n) is 11.0. The summed E-state index contributed by atoms with van der Waals surface area (Å²) in [6.45, 7) is 3.85. The van der Waals surface area contributed by atoms with Gasteiger partial charge in [0, 0.05) is 23.9 Å². The maximum Gasteiger partial charge on any atom is 0.251 e. The van der Waals surface area contributed by atoms with E-state index in [1.54, 1.807) is 36.5 Å². The molecule has 0 bridgehead atoms. The Morgan fingerprint density at radius 3 is 2.74 bits per heavy atom. The summed E-state index contributed by atoms with van der Waals surface area (Å²) in [6, 6.07) is 12.6. The summed E-state index contributed by atoms with van der Waals surface area (Å²) in [7, 11) is 0. The molecule has 1 N–H and O–H groups in total. The van der Waals surface area contributed by atoms with Crippen molar-refractivity contribution in [3.8, 4) is 11.6 Å². The molecular formula is C15H16N2O2. The minimum atomic E-state index is -0.110. The Labute approximate surface area is 112 Å². The number of carbonyl (C=O) groups is 1. The standard InChI is InChI=1S/C15H16N2O2/c1-11(2)17-15(18)12-6-5-7-13(10-12)19-14-8-3-4-9-16-14/h3-11H,1-2H3,(H,17,18). The van der Waals surface area contributed by atoms with Gasteiger partial charge in [-0.25, -0.2) is 4.98 Å². The van der Waals surface area contributed by atoms with Crippen LogP contribution in [-0.2, 0) is 0 Å². The third-order valence-electron chi connectivity index (χ3n) is 2.38. The Morgan fingerprint density at radius 1 is 1.21 bits per heavy atom. The first-order chi connectivity index (χ1) is 9.15. The lowest BCUT2D eigenvalue weighted by Crippen LogP contribution is -2.29. The SMILES string of the molecule is CC(C)NC(=O)c1cccc(Oc2ccccn2)c1. The molecule has 0 saturated carbocycles. The summed E-state index contributed by atoms with van der Waals surface area (Å²) in [4.78, 5) is 16.0. The van der Waals surface area contributed by atoms with Crippen molar-refractivity contribution in [2.75, 3.05) is 0 Å². The fraction of sp³-hybridized carbons (Fsp3) is 0.200. The van der Waals surface area contributed by atoms with Crippen LogP contribution < -0.4 is 10.1 Å². The van der Waals surface area contributed by atoms with Gasteiger partial charge in [-0.2, -0.15) is 0 Å². The van der Waals surface area contributed by atoms with Crippen molar-refractivity contribution >= 4 is 5.91 Å². The van der Waals surface area contributed by atoms with Crippen molar-refractivity contribution in [1.82, 2.24) is 10.3 Å². The summed E-state index contributed by atoms with van der Waals surface area (Å²) in [5.41, 5.74) is 0.571. The summed E-state index contributed by atoms with van der Waals surface area (Å²) in [5.74, 6) is 0.987. The molecule has 19 heavy (non-hydrogen) atoms. The quantitative estimate of drug-likeness (QED) is 0.914. The number of carbonyl (C=O) groups excluding carboxylic acids is 1. The molecule has 1 aromatic carbocycles. The summed E-state index contributed by atoms with van der Waals surface area (Å²) in [5, 5.41) is 2.84. The molecule has 0 spiro atoms. The van der Waals surface area contributed by atoms with Crippen LogP contribution in [-0.4, -0.2) is 16.9 Å². The van der Waals surface area contributed by atoms with Crippen LogP contribution >= 0.6 is 0 Å². The highest BCUT2D eigenvalue weighted by Crippen LogP contribution is 2.19. The minimum Gasteiger partial charge on any atom is -0.439 e. The first-order valence-electron chi connectivity index (χ1n) is 6.15. The van der Waals surface area contributed by atoms with Gasteiger partial charge in [0.15, 0.2) is 0 Å². The van der Waals surface area contributed by atoms with Crippen molar-refractivity contribution in [3.05, 3.63) is 54.2 Å². The maximum absolute atomic E-state index is 11.9. The third kappa shape index (κ3) is 3.81. The lowest BCUT2D eigenvalue weighted by molar-refractivity contribution is 0.0943. The predicted octanol–water partition coefficient (Wildman–Crippen LogP) is 3.01. The number of benzene rings is 1. The molecular weight excluding hydrogens is 240 g/mol. The fourth-order valence-electron chi connectivity index (χ4n) is 1.57. The van der Waals surface area contributed by atoms with Gasteiger partial charge >= 0.3 is 0 Å². The topological polar surface area (TPSA) is 51.2 Å². The molecule has 1 heterocycles. The van der Waals surface area contributed by atoms with Gasteiger partial charge in [-0.05, 0) is 38.1 Å². The average Bonchev–Trinajstić information content (AvgIpc) is 2.39. The summed E-state index contributed by atoms with van der Waals surface area (Å²) in [6.07, 6.45) is 1.66. The lowest BCUT2D eigenvalue weighted by Gasteiger charge is -2.09. The van der Waals surface area contributed by atoms with E-state index in [0.717, 1.165) is 0 Å². The van der Waals surface area contributed by atoms with E-state index in [-0.39, 0.29) is 11.9 Å². The van der Waals surface area contributed by atoms with Gasteiger partial charge in [0.25, 0.3) is 5.91 Å². The lowest BCUT2D eigenvalue weighted by atomic mass is 10.2. The van der Waals surface area contributed by atoms with E-state index in [4.69, 9.17) is 4.74 Å². The average molecular weight is 256 g/mol. The van der Waals surface area contributed by atoms with Crippen LogP contribution in [0, 0.1) is 0 Å². The second-order valence-corrected chi connectivity index (χ2v) is 4.43. The molecule has 0 atom stereocenters. The van der Waals surface area contributed by atoms with Gasteiger partial charge in [0.05, 0.1) is 0 Å². The molecule has 2 rings (SSSR count). The summed E-state index contributed by atoms with van der Waals surface area (Å²) >= 11 is 0. The Kier molecular flexibility index (Phi) is 4.13. The van der Waals surface area contributed by atoms with Crippen LogP contribution in [0.25, 0.3) is 0 Å². The third-order valence-corrected chi connectivity index (χ3v) is 2.38. The number of nitrogens with zero attached hydrogens (tertiary/aromatic N) is 1. The molecule has 0 radical (unpaired) electrons. The van der Waals surface area contributed by atoms with Gasteiger partial charge in [-0.3, -0.25) is 4.79 Å². The van der Waals surface area contributed by atoms with Crippen molar-refractivity contribution < 1.29 is 9.53 Å². The molecule has 0 aliphatic rings. The van der Waals surface area contributed by atoms with Crippen molar-refractivity contribution in [2.24, 2.45) is 0 Å². The predicted molar refractivity (Wildman–Crippen MR) is 73.4 cm³/mol. The maximum atomic E-state index is 11.9. The molecule has 4 heteroatoms. The molecule has 1 aromatic heterocycles. The smallest absolute Gasteiger partial charge is 0.251 e. The van der Waals surface area contributed by atoms with E-state index in [1.165, 1.54) is 0 Å². The minimum absolute atomic E-state index is 0.105. The molecule has 1 amide bonds. The highest BCUT2D eigenvalue weighted by atomic mass is 16.5. The van der Waals surface area contributed by atoms with Crippen molar-refractivity contribution in [2.45, 2.75) is 19.9 Å². The second kappa shape index (κ2) is 6.00. The van der Waals surface area contributed by atoms with E-state index in [9.17, 15) is 4.79 Å². The number of hydrogen-bond acceptors (Lipinski definition) is 3. The van der Waals surface area contributed by atoms with E-state index in [0.29, 0.717) is 17.2 Å². The second-order valence-electron chi connectivity index (χ2n) is 4.43. The van der Waals surface area contributed by atoms with E-state index in [1.807, 2.05) is 26.0 Å². The van der Waals surface area contributed by atoms with E-state index < -0.39 is 0 Å². The van der Waals surface area contributed by atoms with Crippen LogP contribution in [0.2, 0.25) is 0 Å². The number of pyridine rings is 1. The van der Waals surface area contributed by atoms with Gasteiger partial charge < -0.3 is 10.1 Å². The Morgan fingerprint density at radius 2 is 2.05 bits per heavy atom. The number of nitrogens with one attached hydrogen (secondary N) is 1. The number of amides is 1. The normalized spacial score (nSPS) is 10.3. The van der Waals surface area contributed by atoms with Crippen LogP contribution in [0.15, 0.2) is 48.7 Å². The number of ether oxygens (including phenoxy) is 1. The number of aromatic nitrogens is 1. The van der Waals surface area contributed by atoms with Gasteiger partial charge in [0.2, 0.25) is 5.88 Å². The van der Waals surface area contributed by atoms with Crippen LogP contribution in [0.3, 0.4) is 0 Å². The van der Waals surface area contributed by atoms with Gasteiger partial charge in [-0.1, -0.05) is 12.1 Å². The van der Waals surface area contributed by atoms with Crippen molar-refractivity contribution in [3.63, 3.8) is 0 Å². The summed E-state index contributed by atoms with van der Waals surface area (Å²) < 4.78 is 5.58. The monoisotopic (exact) mass is 256 g/mol. The Bertz CT molecular complexity index is 553. The molecule has 0 aliphatic carbocycles. The van der Waals surface area contributed by atoms with E-state index in [2.05, 4.69) is 10.3 Å². The van der Waals surface area contributed by atoms with Crippen LogP contribution in [0.1, 0.15) is 24.2 Å².